The van der Waals surface area contributed by atoms with Crippen LogP contribution in [0.4, 0.5) is 0 Å². The molecule has 3 unspecified atom stereocenters. The molecule has 2 aliphatic rings. The van der Waals surface area contributed by atoms with Crippen LogP contribution in [0.25, 0.3) is 11.0 Å². The topological polar surface area (TPSA) is 134 Å². The van der Waals surface area contributed by atoms with Crippen LogP contribution in [0.5, 0.6) is 11.5 Å². The molecule has 11 nitrogen and oxygen atoms in total. The van der Waals surface area contributed by atoms with Gasteiger partial charge in [-0.15, -0.1) is 0 Å². The van der Waals surface area contributed by atoms with Gasteiger partial charge in [0, 0.05) is 50.1 Å². The van der Waals surface area contributed by atoms with Crippen molar-refractivity contribution in [2.75, 3.05) is 59.7 Å². The molecule has 1 aliphatic carbocycles. The molecule has 0 saturated carbocycles. The Labute approximate surface area is 263 Å². The van der Waals surface area contributed by atoms with E-state index < -0.39 is 30.1 Å². The summed E-state index contributed by atoms with van der Waals surface area (Å²) in [7, 11) is 1.54. The van der Waals surface area contributed by atoms with E-state index in [1.807, 2.05) is 30.3 Å². The number of halogens is 1. The van der Waals surface area contributed by atoms with E-state index in [1.54, 1.807) is 29.2 Å². The molecule has 5 rings (SSSR count). The summed E-state index contributed by atoms with van der Waals surface area (Å²) in [5, 5.41) is 24.4. The van der Waals surface area contributed by atoms with Crippen molar-refractivity contribution in [3.8, 4) is 11.5 Å². The second-order valence-electron chi connectivity index (χ2n) is 10.4. The number of nitrogens with zero attached hydrogens (tertiary/aromatic N) is 2. The Morgan fingerprint density at radius 3 is 2.65 bits per heavy atom. The van der Waals surface area contributed by atoms with Gasteiger partial charge >= 0.3 is 0 Å². The van der Waals surface area contributed by atoms with Crippen LogP contribution < -0.4 is 14.8 Å². The fourth-order valence-corrected chi connectivity index (χ4v) is 5.92. The molecule has 230 valence electrons. The third-order valence-corrected chi connectivity index (χ3v) is 8.57. The number of morpholine rings is 1. The second-order valence-corrected chi connectivity index (χ2v) is 11.6. The maximum atomic E-state index is 14.2. The minimum Gasteiger partial charge on any atom is -0.493 e. The number of ether oxygens (including phenoxy) is 3. The first-order valence-electron chi connectivity index (χ1n) is 14.3. The summed E-state index contributed by atoms with van der Waals surface area (Å²) < 4.78 is 24.0. The molecule has 0 bridgehead atoms. The zero-order valence-electron chi connectivity index (χ0n) is 23.9. The van der Waals surface area contributed by atoms with Crippen molar-refractivity contribution in [1.82, 2.24) is 15.1 Å². The Morgan fingerprint density at radius 1 is 1.14 bits per heavy atom. The molecule has 2 aromatic carbocycles. The number of fused-ring (bicyclic) bond motifs is 1. The van der Waals surface area contributed by atoms with Gasteiger partial charge in [-0.2, -0.15) is 0 Å². The van der Waals surface area contributed by atoms with Crippen LogP contribution in [0.3, 0.4) is 0 Å². The molecule has 1 aromatic heterocycles. The highest BCUT2D eigenvalue weighted by atomic mass is 127. The highest BCUT2D eigenvalue weighted by Gasteiger charge is 2.41. The van der Waals surface area contributed by atoms with E-state index in [2.05, 4.69) is 32.8 Å². The quantitative estimate of drug-likeness (QED) is 0.258. The summed E-state index contributed by atoms with van der Waals surface area (Å²) in [6, 6.07) is 13.7. The zero-order chi connectivity index (χ0) is 30.3. The first kappa shape index (κ1) is 31.3. The Hall–Kier alpha value is -3.17. The van der Waals surface area contributed by atoms with Gasteiger partial charge in [0.1, 0.15) is 18.0 Å². The summed E-state index contributed by atoms with van der Waals surface area (Å²) in [4.78, 5) is 31.2. The Bertz CT molecular complexity index is 1450. The van der Waals surface area contributed by atoms with Crippen molar-refractivity contribution >= 4 is 45.4 Å². The molecule has 0 radical (unpaired) electrons. The highest BCUT2D eigenvalue weighted by molar-refractivity contribution is 14.1. The number of para-hydroxylation sites is 2. The molecule has 1 saturated heterocycles. The number of nitrogens with one attached hydrogen (secondary N) is 1. The summed E-state index contributed by atoms with van der Waals surface area (Å²) in [5.41, 5.74) is 0.810. The van der Waals surface area contributed by atoms with Crippen molar-refractivity contribution in [1.29, 1.82) is 0 Å². The van der Waals surface area contributed by atoms with Crippen LogP contribution in [0.15, 0.2) is 64.6 Å². The maximum Gasteiger partial charge on any atom is 0.290 e. The number of methoxy groups -OCH3 is 1. The summed E-state index contributed by atoms with van der Waals surface area (Å²) in [6.07, 6.45) is -0.382. The zero-order valence-corrected chi connectivity index (χ0v) is 26.1. The van der Waals surface area contributed by atoms with Crippen molar-refractivity contribution in [3.05, 3.63) is 69.5 Å². The van der Waals surface area contributed by atoms with Gasteiger partial charge < -0.3 is 39.1 Å². The molecule has 1 fully saturated rings. The number of amides is 2. The third kappa shape index (κ3) is 7.32. The average molecular weight is 706 g/mol. The lowest BCUT2D eigenvalue weighted by Crippen LogP contribution is -2.56. The lowest BCUT2D eigenvalue weighted by molar-refractivity contribution is -0.118. The number of aliphatic hydroxyl groups is 2. The lowest BCUT2D eigenvalue weighted by Gasteiger charge is -2.41. The molecule has 3 N–H and O–H groups in total. The van der Waals surface area contributed by atoms with Gasteiger partial charge in [0.05, 0.1) is 36.5 Å². The summed E-state index contributed by atoms with van der Waals surface area (Å²) >= 11 is 2.15. The first-order valence-corrected chi connectivity index (χ1v) is 15.3. The number of carbonyl (C=O) groups is 2. The van der Waals surface area contributed by atoms with Gasteiger partial charge in [0.15, 0.2) is 17.1 Å². The average Bonchev–Trinajstić information content (AvgIpc) is 3.47. The van der Waals surface area contributed by atoms with Crippen molar-refractivity contribution in [2.24, 2.45) is 0 Å². The molecule has 2 amide bonds. The summed E-state index contributed by atoms with van der Waals surface area (Å²) in [6.45, 7) is 3.34. The largest absolute Gasteiger partial charge is 0.493 e. The van der Waals surface area contributed by atoms with Crippen LogP contribution in [-0.4, -0.2) is 110 Å². The van der Waals surface area contributed by atoms with Crippen molar-refractivity contribution in [2.45, 2.75) is 24.7 Å². The van der Waals surface area contributed by atoms with Gasteiger partial charge in [-0.3, -0.25) is 14.5 Å². The number of hydrogen-bond acceptors (Lipinski definition) is 9. The predicted octanol–water partition coefficient (Wildman–Crippen LogP) is 2.44. The normalized spacial score (nSPS) is 20.8. The van der Waals surface area contributed by atoms with Crippen LogP contribution in [-0.2, 0) is 9.53 Å². The molecular formula is C31H36IN3O8. The van der Waals surface area contributed by atoms with Gasteiger partial charge in [-0.1, -0.05) is 24.3 Å². The van der Waals surface area contributed by atoms with Gasteiger partial charge in [-0.25, -0.2) is 0 Å². The molecule has 3 atom stereocenters. The Morgan fingerprint density at radius 2 is 1.91 bits per heavy atom. The van der Waals surface area contributed by atoms with Crippen molar-refractivity contribution < 1.29 is 38.4 Å². The van der Waals surface area contributed by atoms with E-state index in [0.717, 1.165) is 16.7 Å². The lowest BCUT2D eigenvalue weighted by atomic mass is 9.88. The van der Waals surface area contributed by atoms with Crippen LogP contribution in [0, 0.1) is 3.57 Å². The number of furan rings is 1. The van der Waals surface area contributed by atoms with Crippen molar-refractivity contribution in [3.63, 3.8) is 0 Å². The van der Waals surface area contributed by atoms with E-state index in [9.17, 15) is 19.8 Å². The fourth-order valence-electron chi connectivity index (χ4n) is 5.40. The number of hydrogen-bond donors (Lipinski definition) is 3. The Balaban J connectivity index is 1.50. The molecule has 0 spiro atoms. The standard InChI is InChI=1S/C31H36IN3O8/c1-40-25-8-4-5-20-18-27(43-29(20)25)31(39)35(11-10-34-12-15-41-16-13-34)23-17-21(30(38)33-9-14-36)19-26(28(23)37)42-24-7-3-2-6-22(24)32/h2-8,18-19,23,26,28,36-37H,9-17H2,1H3,(H,33,38). The van der Waals surface area contributed by atoms with Crippen LogP contribution in [0.2, 0.25) is 0 Å². The highest BCUT2D eigenvalue weighted by Crippen LogP contribution is 2.33. The first-order chi connectivity index (χ1) is 20.9. The van der Waals surface area contributed by atoms with E-state index in [0.29, 0.717) is 47.8 Å². The Kier molecular flexibility index (Phi) is 10.6. The minimum absolute atomic E-state index is 0.0754. The third-order valence-electron chi connectivity index (χ3n) is 7.67. The molecular weight excluding hydrogens is 669 g/mol. The minimum atomic E-state index is -1.15. The smallest absolute Gasteiger partial charge is 0.290 e. The van der Waals surface area contributed by atoms with E-state index >= 15 is 0 Å². The number of carbonyl (C=O) groups excluding carboxylic acids is 2. The van der Waals surface area contributed by atoms with Crippen LogP contribution >= 0.6 is 22.6 Å². The monoisotopic (exact) mass is 705 g/mol. The van der Waals surface area contributed by atoms with E-state index in [1.165, 1.54) is 7.11 Å². The molecule has 3 aromatic rings. The molecule has 43 heavy (non-hydrogen) atoms. The molecule has 2 heterocycles. The molecule has 1 aliphatic heterocycles. The number of aliphatic hydroxyl groups excluding tert-OH is 2. The van der Waals surface area contributed by atoms with Gasteiger partial charge in [-0.05, 0) is 52.9 Å². The predicted molar refractivity (Wildman–Crippen MR) is 167 cm³/mol. The van der Waals surface area contributed by atoms with Gasteiger partial charge in [0.25, 0.3) is 5.91 Å². The SMILES string of the molecule is COc1cccc2cc(C(=O)N(CCN3CCOCC3)C3CC(C(=O)NCCO)=CC(Oc4ccccc4I)C3O)oc12. The maximum absolute atomic E-state index is 14.2. The van der Waals surface area contributed by atoms with E-state index in [-0.39, 0.29) is 31.9 Å². The second kappa shape index (κ2) is 14.5. The number of rotatable bonds is 11. The van der Waals surface area contributed by atoms with Crippen LogP contribution in [0.1, 0.15) is 17.0 Å². The number of benzene rings is 2. The fraction of sp³-hybridized carbons (Fsp3) is 0.419. The van der Waals surface area contributed by atoms with E-state index in [4.69, 9.17) is 18.6 Å². The van der Waals surface area contributed by atoms with Gasteiger partial charge in [0.2, 0.25) is 5.91 Å². The molecule has 12 heteroatoms. The summed E-state index contributed by atoms with van der Waals surface area (Å²) in [5.74, 6) is 0.349.